The van der Waals surface area contributed by atoms with Crippen LogP contribution < -0.4 is 10.7 Å². The first-order valence-electron chi connectivity index (χ1n) is 7.31. The molecule has 2 amide bonds. The molecule has 24 heavy (non-hydrogen) atoms. The number of anilines is 1. The topological polar surface area (TPSA) is 58.4 Å². The summed E-state index contributed by atoms with van der Waals surface area (Å²) in [5, 5.41) is 6.71. The number of rotatable bonds is 4. The number of carbonyl (C=O) groups excluding carboxylic acids is 1. The van der Waals surface area contributed by atoms with Crippen LogP contribution in [0.2, 0.25) is 0 Å². The Morgan fingerprint density at radius 2 is 1.88 bits per heavy atom. The molecule has 0 atom stereocenters. The van der Waals surface area contributed by atoms with Crippen LogP contribution in [-0.4, -0.2) is 16.8 Å². The smallest absolute Gasteiger partial charge is 0.316 e. The number of hydrogen-bond acceptors (Lipinski definition) is 2. The standard InChI is InChI=1S/C18H15BrN4O/c19-14-6-4-7-15(12-14)21-18(24)22-20-13-17-10-5-11-23(17)16-8-2-1-3-9-16/h1-13H,(H2,21,22,24)/b20-13+. The average Bonchev–Trinajstić information content (AvgIpc) is 3.04. The fourth-order valence-electron chi connectivity index (χ4n) is 2.21. The van der Waals surface area contributed by atoms with Gasteiger partial charge in [-0.3, -0.25) is 0 Å². The number of amides is 2. The van der Waals surface area contributed by atoms with Crippen LogP contribution in [0.5, 0.6) is 0 Å². The molecule has 0 spiro atoms. The van der Waals surface area contributed by atoms with E-state index in [4.69, 9.17) is 0 Å². The lowest BCUT2D eigenvalue weighted by atomic mass is 10.3. The van der Waals surface area contributed by atoms with Gasteiger partial charge in [0.25, 0.3) is 0 Å². The van der Waals surface area contributed by atoms with Crippen molar-refractivity contribution < 1.29 is 4.79 Å². The van der Waals surface area contributed by atoms with E-state index in [9.17, 15) is 4.79 Å². The number of nitrogens with one attached hydrogen (secondary N) is 2. The summed E-state index contributed by atoms with van der Waals surface area (Å²) in [5.74, 6) is 0. The van der Waals surface area contributed by atoms with Gasteiger partial charge in [0.15, 0.2) is 0 Å². The van der Waals surface area contributed by atoms with Gasteiger partial charge < -0.3 is 9.88 Å². The minimum absolute atomic E-state index is 0.401. The number of aromatic nitrogens is 1. The molecule has 0 bridgehead atoms. The van der Waals surface area contributed by atoms with E-state index in [1.807, 2.05) is 71.4 Å². The summed E-state index contributed by atoms with van der Waals surface area (Å²) in [4.78, 5) is 11.8. The van der Waals surface area contributed by atoms with E-state index < -0.39 is 6.03 Å². The Labute approximate surface area is 148 Å². The monoisotopic (exact) mass is 382 g/mol. The second-order valence-corrected chi connectivity index (χ2v) is 5.89. The second kappa shape index (κ2) is 7.61. The van der Waals surface area contributed by atoms with Gasteiger partial charge in [-0.2, -0.15) is 5.10 Å². The van der Waals surface area contributed by atoms with Crippen LogP contribution in [-0.2, 0) is 0 Å². The molecule has 2 aromatic carbocycles. The molecule has 5 nitrogen and oxygen atoms in total. The molecule has 0 fully saturated rings. The summed E-state index contributed by atoms with van der Waals surface area (Å²) in [6.07, 6.45) is 3.55. The third-order valence-electron chi connectivity index (χ3n) is 3.26. The molecule has 0 saturated carbocycles. The Kier molecular flexibility index (Phi) is 5.08. The number of halogens is 1. The quantitative estimate of drug-likeness (QED) is 0.509. The number of carbonyl (C=O) groups is 1. The number of hydrogen-bond donors (Lipinski definition) is 2. The maximum Gasteiger partial charge on any atom is 0.339 e. The van der Waals surface area contributed by atoms with Crippen molar-refractivity contribution in [1.29, 1.82) is 0 Å². The minimum Gasteiger partial charge on any atom is -0.316 e. The van der Waals surface area contributed by atoms with Gasteiger partial charge in [-0.15, -0.1) is 0 Å². The van der Waals surface area contributed by atoms with Gasteiger partial charge in [-0.25, -0.2) is 10.2 Å². The minimum atomic E-state index is -0.401. The summed E-state index contributed by atoms with van der Waals surface area (Å²) in [5.41, 5.74) is 5.04. The summed E-state index contributed by atoms with van der Waals surface area (Å²) in [6.45, 7) is 0. The number of benzene rings is 2. The van der Waals surface area contributed by atoms with E-state index in [1.54, 1.807) is 12.3 Å². The molecule has 3 aromatic rings. The third-order valence-corrected chi connectivity index (χ3v) is 3.75. The molecule has 1 heterocycles. The average molecular weight is 383 g/mol. The number of para-hydroxylation sites is 1. The Hall–Kier alpha value is -2.86. The molecule has 0 aliphatic rings. The molecule has 0 saturated heterocycles. The molecular formula is C18H15BrN4O. The zero-order valence-corrected chi connectivity index (χ0v) is 14.3. The highest BCUT2D eigenvalue weighted by atomic mass is 79.9. The first kappa shape index (κ1) is 16.0. The van der Waals surface area contributed by atoms with E-state index in [1.165, 1.54) is 0 Å². The maximum atomic E-state index is 11.8. The predicted octanol–water partition coefficient (Wildman–Crippen LogP) is 4.40. The molecule has 0 unspecified atom stereocenters. The Bertz CT molecular complexity index is 858. The highest BCUT2D eigenvalue weighted by Gasteiger charge is 2.02. The number of urea groups is 1. The fourth-order valence-corrected chi connectivity index (χ4v) is 2.60. The van der Waals surface area contributed by atoms with Gasteiger partial charge >= 0.3 is 6.03 Å². The van der Waals surface area contributed by atoms with E-state index >= 15 is 0 Å². The molecule has 2 N–H and O–H groups in total. The first-order valence-corrected chi connectivity index (χ1v) is 8.10. The molecule has 1 aromatic heterocycles. The Balaban J connectivity index is 1.63. The van der Waals surface area contributed by atoms with Crippen molar-refractivity contribution in [2.45, 2.75) is 0 Å². The van der Waals surface area contributed by atoms with Crippen molar-refractivity contribution in [3.8, 4) is 5.69 Å². The molecule has 0 aliphatic heterocycles. The predicted molar refractivity (Wildman–Crippen MR) is 99.7 cm³/mol. The number of hydrazone groups is 1. The van der Waals surface area contributed by atoms with Gasteiger partial charge in [-0.1, -0.05) is 40.2 Å². The van der Waals surface area contributed by atoms with Crippen LogP contribution in [0.4, 0.5) is 10.5 Å². The lowest BCUT2D eigenvalue weighted by Gasteiger charge is -2.06. The summed E-state index contributed by atoms with van der Waals surface area (Å²) in [6, 6.07) is 20.7. The van der Waals surface area contributed by atoms with Crippen molar-refractivity contribution in [3.05, 3.63) is 83.1 Å². The molecule has 120 valence electrons. The van der Waals surface area contributed by atoms with Gasteiger partial charge in [0.05, 0.1) is 11.9 Å². The van der Waals surface area contributed by atoms with Gasteiger partial charge in [0.2, 0.25) is 0 Å². The first-order chi connectivity index (χ1) is 11.7. The highest BCUT2D eigenvalue weighted by Crippen LogP contribution is 2.15. The Morgan fingerprint density at radius 3 is 2.67 bits per heavy atom. The van der Waals surface area contributed by atoms with Crippen molar-refractivity contribution in [3.63, 3.8) is 0 Å². The number of nitrogens with zero attached hydrogens (tertiary/aromatic N) is 2. The molecule has 0 radical (unpaired) electrons. The van der Waals surface area contributed by atoms with Crippen LogP contribution in [0.3, 0.4) is 0 Å². The SMILES string of the molecule is O=C(N/N=C/c1cccn1-c1ccccc1)Nc1cccc(Br)c1. The van der Waals surface area contributed by atoms with Crippen molar-refractivity contribution in [1.82, 2.24) is 9.99 Å². The van der Waals surface area contributed by atoms with Gasteiger partial charge in [0, 0.05) is 22.0 Å². The van der Waals surface area contributed by atoms with E-state index in [2.05, 4.69) is 31.8 Å². The fraction of sp³-hybridized carbons (Fsp3) is 0. The highest BCUT2D eigenvalue weighted by molar-refractivity contribution is 9.10. The van der Waals surface area contributed by atoms with Crippen LogP contribution in [0.1, 0.15) is 5.69 Å². The van der Waals surface area contributed by atoms with Crippen LogP contribution in [0.15, 0.2) is 82.5 Å². The van der Waals surface area contributed by atoms with Gasteiger partial charge in [0.1, 0.15) is 0 Å². The van der Waals surface area contributed by atoms with Crippen molar-refractivity contribution >= 4 is 33.9 Å². The van der Waals surface area contributed by atoms with E-state index in [0.717, 1.165) is 15.9 Å². The lowest BCUT2D eigenvalue weighted by Crippen LogP contribution is -2.24. The van der Waals surface area contributed by atoms with E-state index in [0.29, 0.717) is 5.69 Å². The second-order valence-electron chi connectivity index (χ2n) is 4.97. The zero-order valence-electron chi connectivity index (χ0n) is 12.7. The molecule has 3 rings (SSSR count). The van der Waals surface area contributed by atoms with Gasteiger partial charge in [-0.05, 0) is 42.5 Å². The summed E-state index contributed by atoms with van der Waals surface area (Å²) < 4.78 is 2.88. The van der Waals surface area contributed by atoms with Crippen molar-refractivity contribution in [2.75, 3.05) is 5.32 Å². The molecule has 6 heteroatoms. The largest absolute Gasteiger partial charge is 0.339 e. The van der Waals surface area contributed by atoms with Crippen LogP contribution in [0.25, 0.3) is 5.69 Å². The molecule has 0 aliphatic carbocycles. The van der Waals surface area contributed by atoms with Crippen molar-refractivity contribution in [2.24, 2.45) is 5.10 Å². The Morgan fingerprint density at radius 1 is 1.04 bits per heavy atom. The normalized spacial score (nSPS) is 10.7. The lowest BCUT2D eigenvalue weighted by molar-refractivity contribution is 0.252. The molecular weight excluding hydrogens is 368 g/mol. The summed E-state index contributed by atoms with van der Waals surface area (Å²) >= 11 is 3.36. The third kappa shape index (κ3) is 4.11. The van der Waals surface area contributed by atoms with E-state index in [-0.39, 0.29) is 0 Å². The zero-order chi connectivity index (χ0) is 16.8. The maximum absolute atomic E-state index is 11.8. The van der Waals surface area contributed by atoms with Crippen LogP contribution >= 0.6 is 15.9 Å². The van der Waals surface area contributed by atoms with Crippen LogP contribution in [0, 0.1) is 0 Å². The summed E-state index contributed by atoms with van der Waals surface area (Å²) in [7, 11) is 0.